The molecule has 0 saturated heterocycles. The van der Waals surface area contributed by atoms with E-state index in [1.165, 1.54) is 0 Å². The van der Waals surface area contributed by atoms with E-state index in [-0.39, 0.29) is 12.4 Å². The third-order valence-electron chi connectivity index (χ3n) is 1.51. The Balaban J connectivity index is 4.47. The van der Waals surface area contributed by atoms with Crippen molar-refractivity contribution < 1.29 is 13.6 Å². The van der Waals surface area contributed by atoms with Gasteiger partial charge >= 0.3 is 0 Å². The number of nitrogens with zero attached hydrogens (tertiary/aromatic N) is 1. The fraction of sp³-hybridized carbons (Fsp3) is 0.833. The van der Waals surface area contributed by atoms with E-state index in [1.807, 2.05) is 0 Å². The van der Waals surface area contributed by atoms with Crippen LogP contribution in [0.2, 0.25) is 0 Å². The predicted octanol–water partition coefficient (Wildman–Crippen LogP) is -1.04. The van der Waals surface area contributed by atoms with Gasteiger partial charge in [0.15, 0.2) is 5.84 Å². The molecule has 0 aliphatic carbocycles. The van der Waals surface area contributed by atoms with E-state index in [1.54, 1.807) is 13.8 Å². The van der Waals surface area contributed by atoms with Crippen molar-refractivity contribution in [3.8, 4) is 0 Å². The van der Waals surface area contributed by atoms with Crippen LogP contribution in [0.15, 0.2) is 5.16 Å². The molecule has 0 bridgehead atoms. The van der Waals surface area contributed by atoms with Gasteiger partial charge in [-0.15, -0.1) is 0 Å². The first kappa shape index (κ1) is 13.1. The molecule has 0 radical (unpaired) electrons. The molecular weight excluding hydrogens is 208 g/mol. The molecule has 7 nitrogen and oxygen atoms in total. The molecule has 84 valence electrons. The molecule has 1 unspecified atom stereocenters. The zero-order valence-corrected chi connectivity index (χ0v) is 9.00. The molecule has 0 aromatic rings. The zero-order chi connectivity index (χ0) is 11.2. The van der Waals surface area contributed by atoms with Gasteiger partial charge in [0, 0.05) is 6.54 Å². The second-order valence-corrected chi connectivity index (χ2v) is 4.14. The minimum atomic E-state index is -3.57. The fourth-order valence-corrected chi connectivity index (χ4v) is 1.97. The molecular formula is C6H16N4O3S. The third-order valence-corrected chi connectivity index (χ3v) is 2.78. The Morgan fingerprint density at radius 1 is 1.57 bits per heavy atom. The molecule has 0 saturated carbocycles. The Morgan fingerprint density at radius 2 is 2.14 bits per heavy atom. The van der Waals surface area contributed by atoms with Crippen molar-refractivity contribution in [2.45, 2.75) is 26.3 Å². The monoisotopic (exact) mass is 224 g/mol. The van der Waals surface area contributed by atoms with Gasteiger partial charge in [-0.1, -0.05) is 19.0 Å². The standard InChI is InChI=1S/C6H16N4O3S/c1-3-5(6(7)9-11)10-14(12,13)8-4-2/h5,8,10-11H,3-4H2,1-2H3,(H2,7,9). The lowest BCUT2D eigenvalue weighted by Gasteiger charge is -2.15. The molecule has 0 aromatic carbocycles. The minimum absolute atomic E-state index is 0.158. The van der Waals surface area contributed by atoms with Gasteiger partial charge < -0.3 is 10.9 Å². The molecule has 8 heteroatoms. The summed E-state index contributed by atoms with van der Waals surface area (Å²) in [6.07, 6.45) is 0.403. The van der Waals surface area contributed by atoms with Crippen molar-refractivity contribution in [1.82, 2.24) is 9.44 Å². The summed E-state index contributed by atoms with van der Waals surface area (Å²) in [6.45, 7) is 3.66. The summed E-state index contributed by atoms with van der Waals surface area (Å²) < 4.78 is 26.9. The van der Waals surface area contributed by atoms with Crippen molar-refractivity contribution in [3.05, 3.63) is 0 Å². The highest BCUT2D eigenvalue weighted by atomic mass is 32.2. The normalized spacial score (nSPS) is 15.4. The molecule has 0 amide bonds. The van der Waals surface area contributed by atoms with Crippen LogP contribution in [-0.2, 0) is 10.2 Å². The summed E-state index contributed by atoms with van der Waals surface area (Å²) in [5.41, 5.74) is 5.28. The van der Waals surface area contributed by atoms with E-state index >= 15 is 0 Å². The third kappa shape index (κ3) is 4.40. The maximum atomic E-state index is 11.2. The summed E-state index contributed by atoms with van der Waals surface area (Å²) in [7, 11) is -3.57. The van der Waals surface area contributed by atoms with Gasteiger partial charge in [0.25, 0.3) is 10.2 Å². The molecule has 0 spiro atoms. The Bertz CT molecular complexity index is 287. The number of oxime groups is 1. The Labute approximate surface area is 83.5 Å². The molecule has 0 aliphatic rings. The molecule has 0 heterocycles. The van der Waals surface area contributed by atoms with Crippen molar-refractivity contribution in [1.29, 1.82) is 0 Å². The van der Waals surface area contributed by atoms with Crippen LogP contribution < -0.4 is 15.2 Å². The SMILES string of the molecule is CCNS(=O)(=O)NC(CC)C(N)=NO. The summed E-state index contributed by atoms with van der Waals surface area (Å²) in [5.74, 6) is -0.158. The molecule has 0 rings (SSSR count). The number of amidine groups is 1. The van der Waals surface area contributed by atoms with Gasteiger partial charge in [0.1, 0.15) is 0 Å². The lowest BCUT2D eigenvalue weighted by molar-refractivity contribution is 0.315. The number of nitrogens with one attached hydrogen (secondary N) is 2. The highest BCUT2D eigenvalue weighted by Gasteiger charge is 2.18. The van der Waals surface area contributed by atoms with Crippen LogP contribution in [0.5, 0.6) is 0 Å². The van der Waals surface area contributed by atoms with E-state index in [4.69, 9.17) is 10.9 Å². The maximum Gasteiger partial charge on any atom is 0.277 e. The average Bonchev–Trinajstić information content (AvgIpc) is 2.13. The van der Waals surface area contributed by atoms with Crippen LogP contribution in [0.25, 0.3) is 0 Å². The molecule has 0 aromatic heterocycles. The predicted molar refractivity (Wildman–Crippen MR) is 53.2 cm³/mol. The molecule has 14 heavy (non-hydrogen) atoms. The van der Waals surface area contributed by atoms with Crippen LogP contribution in [0, 0.1) is 0 Å². The summed E-state index contributed by atoms with van der Waals surface area (Å²) >= 11 is 0. The second-order valence-electron chi connectivity index (χ2n) is 2.60. The van der Waals surface area contributed by atoms with Gasteiger partial charge in [-0.3, -0.25) is 0 Å². The largest absolute Gasteiger partial charge is 0.409 e. The summed E-state index contributed by atoms with van der Waals surface area (Å²) in [4.78, 5) is 0. The molecule has 1 atom stereocenters. The first-order chi connectivity index (χ1) is 6.46. The first-order valence-corrected chi connectivity index (χ1v) is 5.69. The van der Waals surface area contributed by atoms with Crippen molar-refractivity contribution in [2.75, 3.05) is 6.54 Å². The summed E-state index contributed by atoms with van der Waals surface area (Å²) in [6, 6.07) is -0.691. The van der Waals surface area contributed by atoms with Crippen LogP contribution >= 0.6 is 0 Å². The lowest BCUT2D eigenvalue weighted by atomic mass is 10.2. The molecule has 0 fully saturated rings. The van der Waals surface area contributed by atoms with Crippen LogP contribution in [0.1, 0.15) is 20.3 Å². The van der Waals surface area contributed by atoms with Crippen molar-refractivity contribution in [2.24, 2.45) is 10.9 Å². The Morgan fingerprint density at radius 3 is 2.50 bits per heavy atom. The highest BCUT2D eigenvalue weighted by molar-refractivity contribution is 7.87. The minimum Gasteiger partial charge on any atom is -0.409 e. The van der Waals surface area contributed by atoms with Crippen molar-refractivity contribution in [3.63, 3.8) is 0 Å². The van der Waals surface area contributed by atoms with Crippen LogP contribution in [-0.4, -0.2) is 32.0 Å². The number of hydrogen-bond donors (Lipinski definition) is 4. The van der Waals surface area contributed by atoms with Crippen LogP contribution in [0.3, 0.4) is 0 Å². The number of rotatable bonds is 6. The van der Waals surface area contributed by atoms with Gasteiger partial charge in [-0.25, -0.2) is 4.72 Å². The van der Waals surface area contributed by atoms with E-state index in [0.717, 1.165) is 0 Å². The van der Waals surface area contributed by atoms with Gasteiger partial charge in [-0.05, 0) is 6.42 Å². The van der Waals surface area contributed by atoms with Crippen LogP contribution in [0.4, 0.5) is 0 Å². The summed E-state index contributed by atoms with van der Waals surface area (Å²) in [5, 5.41) is 11.1. The Hall–Kier alpha value is -0.860. The van der Waals surface area contributed by atoms with E-state index in [0.29, 0.717) is 6.42 Å². The number of hydrogen-bond acceptors (Lipinski definition) is 4. The van der Waals surface area contributed by atoms with Gasteiger partial charge in [-0.2, -0.15) is 13.1 Å². The fourth-order valence-electron chi connectivity index (χ4n) is 0.842. The van der Waals surface area contributed by atoms with Gasteiger partial charge in [0.2, 0.25) is 0 Å². The average molecular weight is 224 g/mol. The van der Waals surface area contributed by atoms with E-state index in [2.05, 4.69) is 14.6 Å². The van der Waals surface area contributed by atoms with E-state index in [9.17, 15) is 8.42 Å². The van der Waals surface area contributed by atoms with Crippen molar-refractivity contribution >= 4 is 16.0 Å². The molecule has 5 N–H and O–H groups in total. The number of nitrogens with two attached hydrogens (primary N) is 1. The Kier molecular flexibility index (Phi) is 5.43. The smallest absolute Gasteiger partial charge is 0.277 e. The van der Waals surface area contributed by atoms with Gasteiger partial charge in [0.05, 0.1) is 6.04 Å². The lowest BCUT2D eigenvalue weighted by Crippen LogP contribution is -2.48. The zero-order valence-electron chi connectivity index (χ0n) is 8.19. The second kappa shape index (κ2) is 5.78. The quantitative estimate of drug-likeness (QED) is 0.199. The highest BCUT2D eigenvalue weighted by Crippen LogP contribution is 1.93. The molecule has 0 aliphatic heterocycles. The van der Waals surface area contributed by atoms with E-state index < -0.39 is 16.3 Å². The maximum absolute atomic E-state index is 11.2. The first-order valence-electron chi connectivity index (χ1n) is 4.21. The topological polar surface area (TPSA) is 117 Å².